The number of ether oxygens (including phenoxy) is 1. The third-order valence-corrected chi connectivity index (χ3v) is 9.96. The highest BCUT2D eigenvalue weighted by atomic mass is 19.4. The van der Waals surface area contributed by atoms with Gasteiger partial charge < -0.3 is 25.0 Å². The number of hydrogen-bond donors (Lipinski definition) is 2. The van der Waals surface area contributed by atoms with Crippen LogP contribution in [-0.4, -0.2) is 102 Å². The number of hydrazine groups is 1. The molecule has 2 N–H and O–H groups in total. The molecule has 2 aromatic carbocycles. The number of nitrogens with one attached hydrogen (secondary N) is 1. The maximum Gasteiger partial charge on any atom is 0.433 e. The number of aromatic nitrogens is 2. The van der Waals surface area contributed by atoms with Gasteiger partial charge in [0.25, 0.3) is 11.8 Å². The average molecular weight is 786 g/mol. The summed E-state index contributed by atoms with van der Waals surface area (Å²) in [5.74, 6) is -5.53. The van der Waals surface area contributed by atoms with Crippen molar-refractivity contribution >= 4 is 23.2 Å². The zero-order valence-corrected chi connectivity index (χ0v) is 30.3. The fraction of sp³-hybridized carbons (Fsp3) is 0.444. The average Bonchev–Trinajstić information content (AvgIpc) is 3.63. The summed E-state index contributed by atoms with van der Waals surface area (Å²) in [4.78, 5) is 38.3. The highest BCUT2D eigenvalue weighted by molar-refractivity contribution is 6.24. The Labute approximate surface area is 311 Å². The van der Waals surface area contributed by atoms with Crippen LogP contribution in [0.15, 0.2) is 54.1 Å². The second kappa shape index (κ2) is 16.1. The molecule has 1 aromatic heterocycles. The van der Waals surface area contributed by atoms with Crippen molar-refractivity contribution in [3.8, 4) is 11.3 Å². The Kier molecular flexibility index (Phi) is 12.1. The van der Waals surface area contributed by atoms with Crippen LogP contribution in [0.3, 0.4) is 0 Å². The molecule has 5 rings (SSSR count). The van der Waals surface area contributed by atoms with Gasteiger partial charge in [-0.1, -0.05) is 18.9 Å². The normalized spacial score (nSPS) is 16.5. The van der Waals surface area contributed by atoms with Crippen molar-refractivity contribution in [2.75, 3.05) is 64.7 Å². The number of carbonyl (C=O) groups excluding carboxylic acids is 2. The van der Waals surface area contributed by atoms with Crippen molar-refractivity contribution < 1.29 is 54.6 Å². The Morgan fingerprint density at radius 3 is 2.29 bits per heavy atom. The van der Waals surface area contributed by atoms with Crippen LogP contribution in [0.4, 0.5) is 46.5 Å². The third-order valence-electron chi connectivity index (χ3n) is 9.96. The van der Waals surface area contributed by atoms with Crippen LogP contribution in [0, 0.1) is 11.6 Å². The number of carbonyl (C=O) groups is 2. The smallest absolute Gasteiger partial charge is 0.433 e. The summed E-state index contributed by atoms with van der Waals surface area (Å²) in [6.45, 7) is 1.39. The van der Waals surface area contributed by atoms with Gasteiger partial charge in [-0.15, -0.1) is 0 Å². The maximum atomic E-state index is 15.7. The molecule has 1 saturated carbocycles. The number of anilines is 2. The highest BCUT2D eigenvalue weighted by Crippen LogP contribution is 2.45. The van der Waals surface area contributed by atoms with Crippen LogP contribution in [-0.2, 0) is 33.2 Å². The molecule has 55 heavy (non-hydrogen) atoms. The lowest BCUT2D eigenvalue weighted by Gasteiger charge is -2.48. The van der Waals surface area contributed by atoms with E-state index in [4.69, 9.17) is 4.74 Å². The molecule has 2 amide bonds. The van der Waals surface area contributed by atoms with Crippen LogP contribution in [0.5, 0.6) is 0 Å². The number of rotatable bonds is 12. The molecule has 298 valence electrons. The van der Waals surface area contributed by atoms with Gasteiger partial charge in [-0.2, -0.15) is 26.3 Å². The Morgan fingerprint density at radius 2 is 1.65 bits per heavy atom. The first-order chi connectivity index (χ1) is 25.8. The van der Waals surface area contributed by atoms with E-state index in [1.54, 1.807) is 14.2 Å². The lowest BCUT2D eigenvalue weighted by molar-refractivity contribution is -0.163. The molecule has 1 aliphatic heterocycles. The first-order valence-electron chi connectivity index (χ1n) is 17.1. The first-order valence-corrected chi connectivity index (χ1v) is 17.1. The van der Waals surface area contributed by atoms with Crippen molar-refractivity contribution in [2.24, 2.45) is 0 Å². The molecule has 2 aliphatic rings. The van der Waals surface area contributed by atoms with E-state index in [9.17, 15) is 41.0 Å². The molecule has 1 aliphatic carbocycles. The number of alkyl halides is 6. The molecule has 3 aromatic rings. The van der Waals surface area contributed by atoms with Gasteiger partial charge in [0, 0.05) is 52.0 Å². The van der Waals surface area contributed by atoms with E-state index in [1.807, 2.05) is 11.9 Å². The first kappa shape index (κ1) is 41.3. The summed E-state index contributed by atoms with van der Waals surface area (Å²) < 4.78 is 118. The number of nitrogens with zero attached hydrogens (tertiary/aromatic N) is 6. The van der Waals surface area contributed by atoms with Crippen molar-refractivity contribution in [3.63, 3.8) is 0 Å². The molecular formula is C36H39F8N7O4. The predicted octanol–water partition coefficient (Wildman–Crippen LogP) is 6.43. The number of benzene rings is 2. The van der Waals surface area contributed by atoms with Crippen LogP contribution in [0.1, 0.15) is 42.5 Å². The number of aliphatic hydroxyl groups excluding tert-OH is 1. The van der Waals surface area contributed by atoms with Gasteiger partial charge >= 0.3 is 12.4 Å². The minimum absolute atomic E-state index is 0.0389. The summed E-state index contributed by atoms with van der Waals surface area (Å²) in [5, 5.41) is 16.2. The van der Waals surface area contributed by atoms with Crippen molar-refractivity contribution in [2.45, 2.75) is 50.1 Å². The lowest BCUT2D eigenvalue weighted by Crippen LogP contribution is -2.62. The van der Waals surface area contributed by atoms with E-state index in [-0.39, 0.29) is 24.1 Å². The van der Waals surface area contributed by atoms with Crippen LogP contribution in [0.2, 0.25) is 0 Å². The van der Waals surface area contributed by atoms with Gasteiger partial charge in [-0.05, 0) is 50.2 Å². The van der Waals surface area contributed by atoms with E-state index < -0.39 is 87.4 Å². The van der Waals surface area contributed by atoms with E-state index >= 15 is 8.78 Å². The minimum Gasteiger partial charge on any atom is -0.509 e. The predicted molar refractivity (Wildman–Crippen MR) is 184 cm³/mol. The molecule has 0 bridgehead atoms. The second-order valence-electron chi connectivity index (χ2n) is 13.4. The summed E-state index contributed by atoms with van der Waals surface area (Å²) in [6.07, 6.45) is -7.86. The second-order valence-corrected chi connectivity index (χ2v) is 13.4. The van der Waals surface area contributed by atoms with Gasteiger partial charge in [0.1, 0.15) is 23.4 Å². The molecule has 19 heteroatoms. The van der Waals surface area contributed by atoms with Crippen LogP contribution < -0.4 is 10.2 Å². The topological polar surface area (TPSA) is 114 Å². The number of likely N-dealkylation sites (N-methyl/N-ethyl adjacent to an activating group) is 3. The molecule has 1 fully saturated rings. The summed E-state index contributed by atoms with van der Waals surface area (Å²) in [6, 6.07) is 4.87. The van der Waals surface area contributed by atoms with E-state index in [2.05, 4.69) is 15.3 Å². The summed E-state index contributed by atoms with van der Waals surface area (Å²) in [7, 11) is 6.46. The van der Waals surface area contributed by atoms with Crippen LogP contribution in [0.25, 0.3) is 11.3 Å². The van der Waals surface area contributed by atoms with Crippen molar-refractivity contribution in [1.82, 2.24) is 24.9 Å². The number of hydrogen-bond acceptors (Lipinski definition) is 9. The minimum atomic E-state index is -4.99. The summed E-state index contributed by atoms with van der Waals surface area (Å²) in [5.41, 5.74) is -6.90. The van der Waals surface area contributed by atoms with Gasteiger partial charge in [0.15, 0.2) is 11.6 Å². The fourth-order valence-corrected chi connectivity index (χ4v) is 6.73. The Balaban J connectivity index is 1.48. The maximum absolute atomic E-state index is 15.7. The lowest BCUT2D eigenvalue weighted by atomic mass is 9.88. The molecular weight excluding hydrogens is 746 g/mol. The summed E-state index contributed by atoms with van der Waals surface area (Å²) >= 11 is 0. The standard InChI is InChI=1S/C36H39F8N7O4/c1-48(15-16-55-4)13-14-49(2)26-10-7-21(29(37)30(26)38)19-51-33(54)28(31(52)34(50(51)3)11-5-6-12-34)32(53)47-24-9-8-22(35(39,40)41)17-23(24)25-18-27(36(42,43)44)46-20-45-25/h7-10,17-18,20,52H,5-6,11-16,19H2,1-4H3,(H,47,53). The molecule has 0 radical (unpaired) electrons. The number of methoxy groups -OCH3 is 1. The Hall–Kier alpha value is -4.88. The van der Waals surface area contributed by atoms with Gasteiger partial charge in [-0.3, -0.25) is 14.6 Å². The fourth-order valence-electron chi connectivity index (χ4n) is 6.73. The molecule has 0 atom stereocenters. The Morgan fingerprint density at radius 1 is 0.964 bits per heavy atom. The monoisotopic (exact) mass is 785 g/mol. The SMILES string of the molecule is COCCN(C)CCN(C)c1ccc(CN2C(=O)C(C(=O)Nc3ccc(C(F)(F)F)cc3-c3cc(C(F)(F)F)ncn3)=C(O)C3(CCCC3)N2C)c(F)c1F. The highest BCUT2D eigenvalue weighted by Gasteiger charge is 2.53. The van der Waals surface area contributed by atoms with Gasteiger partial charge in [0.2, 0.25) is 0 Å². The Bertz CT molecular complexity index is 1950. The van der Waals surface area contributed by atoms with Crippen molar-refractivity contribution in [1.29, 1.82) is 0 Å². The molecule has 2 heterocycles. The van der Waals surface area contributed by atoms with E-state index in [0.717, 1.165) is 11.1 Å². The molecule has 0 unspecified atom stereocenters. The van der Waals surface area contributed by atoms with Gasteiger partial charge in [0.05, 0.1) is 41.3 Å². The number of amides is 2. The molecule has 1 spiro atoms. The zero-order chi connectivity index (χ0) is 40.5. The molecule has 11 nitrogen and oxygen atoms in total. The largest absolute Gasteiger partial charge is 0.509 e. The number of halogens is 8. The van der Waals surface area contributed by atoms with Gasteiger partial charge in [-0.25, -0.2) is 23.8 Å². The quantitative estimate of drug-likeness (QED) is 0.159. The third kappa shape index (κ3) is 8.52. The van der Waals surface area contributed by atoms with E-state index in [1.165, 1.54) is 29.1 Å². The van der Waals surface area contributed by atoms with Crippen LogP contribution >= 0.6 is 0 Å². The number of aliphatic hydroxyl groups is 1. The zero-order valence-electron chi connectivity index (χ0n) is 30.3. The molecule has 0 saturated heterocycles. The van der Waals surface area contributed by atoms with E-state index in [0.29, 0.717) is 63.6 Å². The van der Waals surface area contributed by atoms with Crippen molar-refractivity contribution in [3.05, 3.63) is 82.5 Å².